The van der Waals surface area contributed by atoms with Gasteiger partial charge in [0.05, 0.1) is 27.7 Å². The van der Waals surface area contributed by atoms with Gasteiger partial charge in [0.15, 0.2) is 0 Å². The van der Waals surface area contributed by atoms with Gasteiger partial charge in [-0.15, -0.1) is 11.8 Å². The SMILES string of the molecule is C1=CC2c3ccccc3SC2C(N(c2ccccc2)c2ccc(-c3ccccc3-n3c4ccccc4c4ccccc43)c3ccccc23)=C1. The number of aromatic nitrogens is 1. The van der Waals surface area contributed by atoms with Crippen molar-refractivity contribution in [2.24, 2.45) is 0 Å². The highest BCUT2D eigenvalue weighted by atomic mass is 32.2. The average molecular weight is 645 g/mol. The Balaban J connectivity index is 1.18. The maximum absolute atomic E-state index is 2.50. The zero-order chi connectivity index (χ0) is 32.3. The molecule has 0 bridgehead atoms. The van der Waals surface area contributed by atoms with E-state index in [9.17, 15) is 0 Å². The van der Waals surface area contributed by atoms with Gasteiger partial charge >= 0.3 is 0 Å². The fourth-order valence-corrected chi connectivity index (χ4v) is 9.51. The summed E-state index contributed by atoms with van der Waals surface area (Å²) in [5.41, 5.74) is 11.1. The molecule has 2 nitrogen and oxygen atoms in total. The van der Waals surface area contributed by atoms with Crippen LogP contribution in [0.2, 0.25) is 0 Å². The summed E-state index contributed by atoms with van der Waals surface area (Å²) in [5, 5.41) is 5.30. The third-order valence-electron chi connectivity index (χ3n) is 10.2. The number of thioether (sulfide) groups is 1. The summed E-state index contributed by atoms with van der Waals surface area (Å²) in [6, 6.07) is 59.8. The molecule has 1 aliphatic heterocycles. The van der Waals surface area contributed by atoms with Crippen LogP contribution in [0.1, 0.15) is 11.5 Å². The van der Waals surface area contributed by atoms with Crippen molar-refractivity contribution in [1.82, 2.24) is 4.57 Å². The molecule has 0 saturated heterocycles. The van der Waals surface area contributed by atoms with E-state index in [2.05, 4.69) is 191 Å². The summed E-state index contributed by atoms with van der Waals surface area (Å²) in [6.45, 7) is 0. The monoisotopic (exact) mass is 644 g/mol. The lowest BCUT2D eigenvalue weighted by molar-refractivity contribution is 0.823. The van der Waals surface area contributed by atoms with Crippen molar-refractivity contribution in [2.45, 2.75) is 16.1 Å². The molecule has 2 aliphatic rings. The molecule has 2 atom stereocenters. The molecule has 232 valence electrons. The van der Waals surface area contributed by atoms with Crippen LogP contribution < -0.4 is 4.90 Å². The first kappa shape index (κ1) is 28.3. The number of hydrogen-bond donors (Lipinski definition) is 0. The second-order valence-corrected chi connectivity index (χ2v) is 14.0. The van der Waals surface area contributed by atoms with Crippen molar-refractivity contribution in [3.05, 3.63) is 193 Å². The van der Waals surface area contributed by atoms with Gasteiger partial charge in [-0.1, -0.05) is 133 Å². The van der Waals surface area contributed by atoms with Gasteiger partial charge < -0.3 is 9.47 Å². The highest BCUT2D eigenvalue weighted by Crippen LogP contribution is 2.53. The number of benzene rings is 7. The molecule has 8 aromatic rings. The zero-order valence-electron chi connectivity index (χ0n) is 26.8. The summed E-state index contributed by atoms with van der Waals surface area (Å²) < 4.78 is 2.44. The molecule has 0 N–H and O–H groups in total. The van der Waals surface area contributed by atoms with E-state index in [4.69, 9.17) is 0 Å². The third-order valence-corrected chi connectivity index (χ3v) is 11.6. The van der Waals surface area contributed by atoms with Gasteiger partial charge in [-0.25, -0.2) is 0 Å². The van der Waals surface area contributed by atoms with Crippen LogP contribution in [0.5, 0.6) is 0 Å². The largest absolute Gasteiger partial charge is 0.312 e. The predicted octanol–water partition coefficient (Wildman–Crippen LogP) is 12.5. The standard InChI is InChI=1S/C46H32N2S/c1-2-15-31(16-3-1)47(44-27-14-23-39-38-22-9-13-28-45(38)49-46(39)44)43-30-29-33(32-17-4-5-18-34(32)43)35-19-6-10-24-40(35)48-41-25-11-7-20-36(41)37-21-8-12-26-42(37)48/h1-30,39,46H. The van der Waals surface area contributed by atoms with E-state index in [1.54, 1.807) is 0 Å². The molecule has 1 aromatic heterocycles. The Hall–Kier alpha value is -5.77. The molecule has 0 radical (unpaired) electrons. The smallest absolute Gasteiger partial charge is 0.0604 e. The van der Waals surface area contributed by atoms with E-state index in [-0.39, 0.29) is 5.25 Å². The predicted molar refractivity (Wildman–Crippen MR) is 208 cm³/mol. The van der Waals surface area contributed by atoms with Gasteiger partial charge in [0.2, 0.25) is 0 Å². The molecule has 3 heteroatoms. The highest BCUT2D eigenvalue weighted by molar-refractivity contribution is 8.00. The molecule has 2 unspecified atom stereocenters. The fraction of sp³-hybridized carbons (Fsp3) is 0.0435. The molecule has 0 saturated carbocycles. The van der Waals surface area contributed by atoms with Crippen molar-refractivity contribution in [2.75, 3.05) is 4.90 Å². The van der Waals surface area contributed by atoms with Crippen LogP contribution >= 0.6 is 11.8 Å². The molecule has 10 rings (SSSR count). The second-order valence-electron chi connectivity index (χ2n) is 12.8. The Morgan fingerprint density at radius 2 is 1.14 bits per heavy atom. The van der Waals surface area contributed by atoms with E-state index in [0.717, 1.165) is 0 Å². The van der Waals surface area contributed by atoms with Crippen LogP contribution in [0.3, 0.4) is 0 Å². The van der Waals surface area contributed by atoms with Crippen molar-refractivity contribution in [1.29, 1.82) is 0 Å². The van der Waals surface area contributed by atoms with E-state index in [1.807, 2.05) is 11.8 Å². The number of fused-ring (bicyclic) bond motifs is 7. The Morgan fingerprint density at radius 1 is 0.510 bits per heavy atom. The van der Waals surface area contributed by atoms with Crippen molar-refractivity contribution >= 4 is 55.7 Å². The van der Waals surface area contributed by atoms with Crippen LogP contribution in [0.4, 0.5) is 11.4 Å². The van der Waals surface area contributed by atoms with Crippen molar-refractivity contribution in [3.63, 3.8) is 0 Å². The normalized spacial score (nSPS) is 16.5. The number of hydrogen-bond acceptors (Lipinski definition) is 2. The Morgan fingerprint density at radius 3 is 1.94 bits per heavy atom. The molecular formula is C46H32N2S. The Kier molecular flexibility index (Phi) is 6.60. The van der Waals surface area contributed by atoms with Crippen LogP contribution in [-0.2, 0) is 0 Å². The average Bonchev–Trinajstić information content (AvgIpc) is 3.72. The maximum Gasteiger partial charge on any atom is 0.0604 e. The molecule has 7 aromatic carbocycles. The van der Waals surface area contributed by atoms with Gasteiger partial charge in [0, 0.05) is 43.9 Å². The molecule has 0 fully saturated rings. The minimum Gasteiger partial charge on any atom is -0.312 e. The minimum absolute atomic E-state index is 0.289. The molecule has 0 amide bonds. The first-order valence-electron chi connectivity index (χ1n) is 16.9. The summed E-state index contributed by atoms with van der Waals surface area (Å²) in [6.07, 6.45) is 6.96. The fourth-order valence-electron chi connectivity index (χ4n) is 8.05. The zero-order valence-corrected chi connectivity index (χ0v) is 27.6. The summed E-state index contributed by atoms with van der Waals surface area (Å²) in [4.78, 5) is 3.88. The number of para-hydroxylation sites is 4. The van der Waals surface area contributed by atoms with Gasteiger partial charge in [-0.3, -0.25) is 0 Å². The number of allylic oxidation sites excluding steroid dienone is 3. The molecule has 1 aliphatic carbocycles. The van der Waals surface area contributed by atoms with Crippen molar-refractivity contribution < 1.29 is 0 Å². The van der Waals surface area contributed by atoms with E-state index in [0.29, 0.717) is 5.92 Å². The molecule has 49 heavy (non-hydrogen) atoms. The lowest BCUT2D eigenvalue weighted by atomic mass is 9.89. The van der Waals surface area contributed by atoms with Crippen molar-refractivity contribution in [3.8, 4) is 16.8 Å². The number of rotatable bonds is 5. The van der Waals surface area contributed by atoms with Crippen LogP contribution in [0.25, 0.3) is 49.4 Å². The van der Waals surface area contributed by atoms with Gasteiger partial charge in [-0.2, -0.15) is 0 Å². The van der Waals surface area contributed by atoms with Crippen LogP contribution in [0, 0.1) is 0 Å². The van der Waals surface area contributed by atoms with E-state index >= 15 is 0 Å². The number of nitrogens with zero attached hydrogens (tertiary/aromatic N) is 2. The van der Waals surface area contributed by atoms with E-state index < -0.39 is 0 Å². The second kappa shape index (κ2) is 11.4. The quantitative estimate of drug-likeness (QED) is 0.184. The maximum atomic E-state index is 2.50. The van der Waals surface area contributed by atoms with Gasteiger partial charge in [0.25, 0.3) is 0 Å². The first-order valence-corrected chi connectivity index (χ1v) is 17.8. The molecule has 2 heterocycles. The van der Waals surface area contributed by atoms with Gasteiger partial charge in [-0.05, 0) is 65.1 Å². The summed E-state index contributed by atoms with van der Waals surface area (Å²) in [7, 11) is 0. The summed E-state index contributed by atoms with van der Waals surface area (Å²) in [5.74, 6) is 0.344. The molecule has 0 spiro atoms. The third kappa shape index (κ3) is 4.43. The lowest BCUT2D eigenvalue weighted by Gasteiger charge is -2.35. The Bertz CT molecular complexity index is 2560. The minimum atomic E-state index is 0.289. The Labute approximate surface area is 290 Å². The first-order chi connectivity index (χ1) is 24.3. The molecular weight excluding hydrogens is 613 g/mol. The number of anilines is 2. The van der Waals surface area contributed by atoms with E-state index in [1.165, 1.54) is 76.9 Å². The lowest BCUT2D eigenvalue weighted by Crippen LogP contribution is -2.27. The van der Waals surface area contributed by atoms with Crippen LogP contribution in [-0.4, -0.2) is 9.82 Å². The van der Waals surface area contributed by atoms with Crippen LogP contribution in [0.15, 0.2) is 193 Å². The topological polar surface area (TPSA) is 8.17 Å². The highest BCUT2D eigenvalue weighted by Gasteiger charge is 2.38. The van der Waals surface area contributed by atoms with Gasteiger partial charge in [0.1, 0.15) is 0 Å². The summed E-state index contributed by atoms with van der Waals surface area (Å²) >= 11 is 1.99.